The molecule has 0 nitrogen and oxygen atoms in total. The van der Waals surface area contributed by atoms with E-state index in [0.29, 0.717) is 5.56 Å². The molecule has 0 bridgehead atoms. The number of hydrogen-bond acceptors (Lipinski definition) is 0. The third kappa shape index (κ3) is 5.12. The summed E-state index contributed by atoms with van der Waals surface area (Å²) in [6.45, 7) is 3.82. The normalized spacial score (nSPS) is 10.5. The molecule has 2 heteroatoms. The van der Waals surface area contributed by atoms with Gasteiger partial charge in [-0.25, -0.2) is 8.78 Å². The molecule has 0 aliphatic rings. The first-order valence-electron chi connectivity index (χ1n) is 10.2. The minimum Gasteiger partial charge on any atom is -0.203 e. The fraction of sp³-hybridized carbons (Fsp3) is 0.259. The lowest BCUT2D eigenvalue weighted by molar-refractivity contribution is 0.509. The number of halogens is 2. The second kappa shape index (κ2) is 10.0. The van der Waals surface area contributed by atoms with E-state index in [4.69, 9.17) is 0 Å². The number of rotatable bonds is 7. The summed E-state index contributed by atoms with van der Waals surface area (Å²) >= 11 is 0. The summed E-state index contributed by atoms with van der Waals surface area (Å²) in [4.78, 5) is 0. The van der Waals surface area contributed by atoms with Crippen molar-refractivity contribution >= 4 is 0 Å². The zero-order valence-electron chi connectivity index (χ0n) is 17.1. The molecular weight excluding hydrogens is 362 g/mol. The number of hydrogen-bond donors (Lipinski definition) is 0. The molecule has 0 atom stereocenters. The molecule has 0 spiro atoms. The molecule has 3 rings (SSSR count). The van der Waals surface area contributed by atoms with Crippen LogP contribution in [0.1, 0.15) is 50.7 Å². The second-order valence-corrected chi connectivity index (χ2v) is 7.25. The van der Waals surface area contributed by atoms with Crippen LogP contribution >= 0.6 is 0 Å². The number of aryl methyl sites for hydroxylation is 1. The molecule has 0 heterocycles. The quantitative estimate of drug-likeness (QED) is 0.286. The average molecular weight is 389 g/mol. The van der Waals surface area contributed by atoms with Crippen molar-refractivity contribution < 1.29 is 8.78 Å². The largest absolute Gasteiger partial charge is 0.203 e. The summed E-state index contributed by atoms with van der Waals surface area (Å²) < 4.78 is 28.6. The average Bonchev–Trinajstić information content (AvgIpc) is 2.75. The Hall–Kier alpha value is -2.92. The van der Waals surface area contributed by atoms with E-state index in [1.807, 2.05) is 24.3 Å². The highest BCUT2D eigenvalue weighted by atomic mass is 19.2. The first kappa shape index (κ1) is 20.8. The zero-order valence-corrected chi connectivity index (χ0v) is 17.1. The maximum atomic E-state index is 14.4. The molecule has 148 valence electrons. The standard InChI is InChI=1S/C27H26F2/c1-3-5-6-7-9-20-10-12-21(13-11-20)22-14-16-23(17-15-22)25-19-18-24(8-4-2)26(28)27(25)29/h10-19H,3,5-7,9H2,1-2H3. The van der Waals surface area contributed by atoms with Gasteiger partial charge in [-0.15, -0.1) is 5.92 Å². The van der Waals surface area contributed by atoms with Gasteiger partial charge < -0.3 is 0 Å². The van der Waals surface area contributed by atoms with E-state index in [0.717, 1.165) is 17.5 Å². The molecule has 0 aliphatic carbocycles. The van der Waals surface area contributed by atoms with Crippen molar-refractivity contribution in [3.05, 3.63) is 83.4 Å². The molecule has 0 radical (unpaired) electrons. The van der Waals surface area contributed by atoms with Gasteiger partial charge in [0.25, 0.3) is 0 Å². The fourth-order valence-corrected chi connectivity index (χ4v) is 3.47. The van der Waals surface area contributed by atoms with Gasteiger partial charge in [0.05, 0.1) is 5.56 Å². The van der Waals surface area contributed by atoms with Gasteiger partial charge in [0, 0.05) is 5.56 Å². The molecule has 0 saturated carbocycles. The molecular formula is C27H26F2. The Morgan fingerprint density at radius 1 is 0.690 bits per heavy atom. The van der Waals surface area contributed by atoms with Gasteiger partial charge in [-0.1, -0.05) is 80.6 Å². The van der Waals surface area contributed by atoms with Crippen LogP contribution in [0.25, 0.3) is 22.3 Å². The van der Waals surface area contributed by atoms with Crippen molar-refractivity contribution in [3.63, 3.8) is 0 Å². The Kier molecular flexibility index (Phi) is 7.19. The predicted molar refractivity (Wildman–Crippen MR) is 118 cm³/mol. The zero-order chi connectivity index (χ0) is 20.6. The van der Waals surface area contributed by atoms with E-state index >= 15 is 0 Å². The Morgan fingerprint density at radius 2 is 1.31 bits per heavy atom. The third-order valence-corrected chi connectivity index (χ3v) is 5.14. The van der Waals surface area contributed by atoms with Crippen LogP contribution in [0.2, 0.25) is 0 Å². The van der Waals surface area contributed by atoms with Crippen LogP contribution in [0.5, 0.6) is 0 Å². The van der Waals surface area contributed by atoms with Crippen LogP contribution in [0.15, 0.2) is 60.7 Å². The monoisotopic (exact) mass is 388 g/mol. The lowest BCUT2D eigenvalue weighted by atomic mass is 9.97. The van der Waals surface area contributed by atoms with Crippen molar-refractivity contribution in [2.75, 3.05) is 0 Å². The highest BCUT2D eigenvalue weighted by molar-refractivity contribution is 5.71. The van der Waals surface area contributed by atoms with E-state index in [2.05, 4.69) is 43.0 Å². The van der Waals surface area contributed by atoms with Crippen LogP contribution in [0.4, 0.5) is 8.78 Å². The fourth-order valence-electron chi connectivity index (χ4n) is 3.47. The lowest BCUT2D eigenvalue weighted by Gasteiger charge is -2.08. The smallest absolute Gasteiger partial charge is 0.175 e. The van der Waals surface area contributed by atoms with Gasteiger partial charge in [0.2, 0.25) is 0 Å². The minimum atomic E-state index is -0.893. The summed E-state index contributed by atoms with van der Waals surface area (Å²) in [6, 6.07) is 19.3. The van der Waals surface area contributed by atoms with Gasteiger partial charge in [-0.05, 0) is 54.2 Å². The molecule has 0 saturated heterocycles. The van der Waals surface area contributed by atoms with Crippen molar-refractivity contribution in [3.8, 4) is 34.1 Å². The van der Waals surface area contributed by atoms with Crippen molar-refractivity contribution in [2.24, 2.45) is 0 Å². The topological polar surface area (TPSA) is 0 Å². The molecule has 3 aromatic rings. The van der Waals surface area contributed by atoms with Crippen LogP contribution in [0, 0.1) is 23.5 Å². The van der Waals surface area contributed by atoms with Crippen molar-refractivity contribution in [1.29, 1.82) is 0 Å². The Bertz CT molecular complexity index is 1000. The van der Waals surface area contributed by atoms with Gasteiger partial charge in [-0.3, -0.25) is 0 Å². The first-order valence-corrected chi connectivity index (χ1v) is 10.2. The maximum Gasteiger partial charge on any atom is 0.175 e. The van der Waals surface area contributed by atoms with Crippen LogP contribution in [-0.2, 0) is 6.42 Å². The molecule has 0 amide bonds. The van der Waals surface area contributed by atoms with Gasteiger partial charge in [0.15, 0.2) is 11.6 Å². The summed E-state index contributed by atoms with van der Waals surface area (Å²) in [6.07, 6.45) is 6.17. The van der Waals surface area contributed by atoms with Crippen LogP contribution in [-0.4, -0.2) is 0 Å². The molecule has 0 aromatic heterocycles. The van der Waals surface area contributed by atoms with Crippen molar-refractivity contribution in [2.45, 2.75) is 46.0 Å². The molecule has 29 heavy (non-hydrogen) atoms. The van der Waals surface area contributed by atoms with E-state index in [1.165, 1.54) is 37.3 Å². The highest BCUT2D eigenvalue weighted by Crippen LogP contribution is 2.29. The molecule has 3 aromatic carbocycles. The summed E-state index contributed by atoms with van der Waals surface area (Å²) in [5.41, 5.74) is 4.51. The Morgan fingerprint density at radius 3 is 1.93 bits per heavy atom. The number of unbranched alkanes of at least 4 members (excludes halogenated alkanes) is 3. The van der Waals surface area contributed by atoms with E-state index < -0.39 is 11.6 Å². The summed E-state index contributed by atoms with van der Waals surface area (Å²) in [5.74, 6) is 3.44. The molecule has 0 aliphatic heterocycles. The van der Waals surface area contributed by atoms with Crippen LogP contribution < -0.4 is 0 Å². The van der Waals surface area contributed by atoms with Crippen LogP contribution in [0.3, 0.4) is 0 Å². The highest BCUT2D eigenvalue weighted by Gasteiger charge is 2.13. The van der Waals surface area contributed by atoms with E-state index in [9.17, 15) is 8.78 Å². The van der Waals surface area contributed by atoms with E-state index in [-0.39, 0.29) is 11.1 Å². The maximum absolute atomic E-state index is 14.4. The van der Waals surface area contributed by atoms with E-state index in [1.54, 1.807) is 13.0 Å². The third-order valence-electron chi connectivity index (χ3n) is 5.14. The van der Waals surface area contributed by atoms with Gasteiger partial charge >= 0.3 is 0 Å². The first-order chi connectivity index (χ1) is 14.1. The summed E-state index contributed by atoms with van der Waals surface area (Å²) in [5, 5.41) is 0. The Balaban J connectivity index is 1.75. The minimum absolute atomic E-state index is 0.0835. The number of benzene rings is 3. The van der Waals surface area contributed by atoms with Gasteiger partial charge in [0.1, 0.15) is 0 Å². The van der Waals surface area contributed by atoms with Crippen molar-refractivity contribution in [1.82, 2.24) is 0 Å². The second-order valence-electron chi connectivity index (χ2n) is 7.25. The molecule has 0 N–H and O–H groups in total. The van der Waals surface area contributed by atoms with Gasteiger partial charge in [-0.2, -0.15) is 0 Å². The summed E-state index contributed by atoms with van der Waals surface area (Å²) in [7, 11) is 0. The Labute approximate surface area is 172 Å². The lowest BCUT2D eigenvalue weighted by Crippen LogP contribution is -1.94. The SMILES string of the molecule is CC#Cc1ccc(-c2ccc(-c3ccc(CCCCCC)cc3)cc2)c(F)c1F. The molecule has 0 fully saturated rings. The molecule has 0 unspecified atom stereocenters. The predicted octanol–water partition coefficient (Wildman–Crippen LogP) is 7.79.